The van der Waals surface area contributed by atoms with Crippen LogP contribution in [0.3, 0.4) is 0 Å². The predicted molar refractivity (Wildman–Crippen MR) is 111 cm³/mol. The van der Waals surface area contributed by atoms with Crippen molar-refractivity contribution < 1.29 is 14.3 Å². The maximum absolute atomic E-state index is 12.6. The Morgan fingerprint density at radius 1 is 0.964 bits per heavy atom. The fourth-order valence-electron chi connectivity index (χ4n) is 3.53. The van der Waals surface area contributed by atoms with Crippen molar-refractivity contribution in [2.24, 2.45) is 0 Å². The van der Waals surface area contributed by atoms with Crippen LogP contribution in [-0.4, -0.2) is 50.0 Å². The number of nitrogens with zero attached hydrogens (tertiary/aromatic N) is 2. The summed E-state index contributed by atoms with van der Waals surface area (Å²) in [7, 11) is 1.66. The smallest absolute Gasteiger partial charge is 0.233 e. The normalized spacial score (nSPS) is 14.0. The van der Waals surface area contributed by atoms with E-state index in [9.17, 15) is 9.59 Å². The van der Waals surface area contributed by atoms with Gasteiger partial charge in [0, 0.05) is 31.9 Å². The molecule has 0 bridgehead atoms. The Hall–Kier alpha value is -3.02. The summed E-state index contributed by atoms with van der Waals surface area (Å²) < 4.78 is 5.43. The highest BCUT2D eigenvalue weighted by molar-refractivity contribution is 6.04. The van der Waals surface area contributed by atoms with Crippen molar-refractivity contribution in [2.75, 3.05) is 43.5 Å². The number of nitrogens with one attached hydrogen (secondary N) is 1. The van der Waals surface area contributed by atoms with Crippen LogP contribution in [0.25, 0.3) is 0 Å². The molecule has 1 aliphatic heterocycles. The van der Waals surface area contributed by atoms with E-state index in [1.54, 1.807) is 12.0 Å². The molecule has 6 nitrogen and oxygen atoms in total. The summed E-state index contributed by atoms with van der Waals surface area (Å²) in [4.78, 5) is 28.9. The second-order valence-electron chi connectivity index (χ2n) is 7.03. The van der Waals surface area contributed by atoms with E-state index in [1.807, 2.05) is 56.3 Å². The SMILES string of the molecule is COc1ccccc1N1CCN(C(=O)CC(=O)Nc2c(C)cccc2C)CC1. The van der Waals surface area contributed by atoms with Gasteiger partial charge in [0.25, 0.3) is 0 Å². The second-order valence-corrected chi connectivity index (χ2v) is 7.03. The fraction of sp³-hybridized carbons (Fsp3) is 0.364. The number of benzene rings is 2. The maximum atomic E-state index is 12.6. The zero-order valence-electron chi connectivity index (χ0n) is 16.7. The number of anilines is 2. The highest BCUT2D eigenvalue weighted by Crippen LogP contribution is 2.28. The lowest BCUT2D eigenvalue weighted by Gasteiger charge is -2.36. The van der Waals surface area contributed by atoms with Gasteiger partial charge in [-0.3, -0.25) is 9.59 Å². The maximum Gasteiger partial charge on any atom is 0.233 e. The molecule has 3 rings (SSSR count). The average molecular weight is 381 g/mol. The molecule has 1 N–H and O–H groups in total. The first-order valence-electron chi connectivity index (χ1n) is 9.51. The van der Waals surface area contributed by atoms with Gasteiger partial charge in [-0.05, 0) is 37.1 Å². The summed E-state index contributed by atoms with van der Waals surface area (Å²) in [6.45, 7) is 6.50. The predicted octanol–water partition coefficient (Wildman–Crippen LogP) is 2.99. The Balaban J connectivity index is 1.54. The topological polar surface area (TPSA) is 61.9 Å². The zero-order chi connectivity index (χ0) is 20.1. The molecule has 1 heterocycles. The van der Waals surface area contributed by atoms with Crippen molar-refractivity contribution in [3.8, 4) is 5.75 Å². The van der Waals surface area contributed by atoms with Gasteiger partial charge in [0.05, 0.1) is 12.8 Å². The number of para-hydroxylation sites is 3. The first-order chi connectivity index (χ1) is 13.5. The van der Waals surface area contributed by atoms with Crippen molar-refractivity contribution in [3.63, 3.8) is 0 Å². The Kier molecular flexibility index (Phi) is 6.19. The van der Waals surface area contributed by atoms with E-state index in [4.69, 9.17) is 4.74 Å². The van der Waals surface area contributed by atoms with Gasteiger partial charge >= 0.3 is 0 Å². The molecule has 0 atom stereocenters. The van der Waals surface area contributed by atoms with Gasteiger partial charge in [-0.25, -0.2) is 0 Å². The molecule has 28 heavy (non-hydrogen) atoms. The van der Waals surface area contributed by atoms with Crippen LogP contribution in [-0.2, 0) is 9.59 Å². The van der Waals surface area contributed by atoms with Crippen LogP contribution in [0.1, 0.15) is 17.5 Å². The van der Waals surface area contributed by atoms with Gasteiger partial charge in [0.1, 0.15) is 12.2 Å². The first kappa shape index (κ1) is 19.7. The zero-order valence-corrected chi connectivity index (χ0v) is 16.7. The Morgan fingerprint density at radius 3 is 2.25 bits per heavy atom. The van der Waals surface area contributed by atoms with E-state index >= 15 is 0 Å². The minimum absolute atomic E-state index is 0.136. The number of carbonyl (C=O) groups is 2. The van der Waals surface area contributed by atoms with Crippen LogP contribution in [0.15, 0.2) is 42.5 Å². The van der Waals surface area contributed by atoms with Crippen molar-refractivity contribution >= 4 is 23.2 Å². The largest absolute Gasteiger partial charge is 0.495 e. The molecule has 1 aliphatic rings. The quantitative estimate of drug-likeness (QED) is 0.809. The third-order valence-corrected chi connectivity index (χ3v) is 5.12. The van der Waals surface area contributed by atoms with Crippen LogP contribution < -0.4 is 15.0 Å². The molecule has 0 spiro atoms. The Labute approximate surface area is 166 Å². The molecule has 0 saturated carbocycles. The summed E-state index contributed by atoms with van der Waals surface area (Å²) in [6, 6.07) is 13.7. The van der Waals surface area contributed by atoms with Crippen molar-refractivity contribution in [1.29, 1.82) is 0 Å². The molecule has 2 aromatic rings. The molecular weight excluding hydrogens is 354 g/mol. The van der Waals surface area contributed by atoms with E-state index in [-0.39, 0.29) is 18.2 Å². The number of methoxy groups -OCH3 is 1. The van der Waals surface area contributed by atoms with Gasteiger partial charge in [0.15, 0.2) is 0 Å². The molecule has 148 valence electrons. The van der Waals surface area contributed by atoms with Crippen molar-refractivity contribution in [1.82, 2.24) is 4.90 Å². The highest BCUT2D eigenvalue weighted by Gasteiger charge is 2.24. The molecular formula is C22H27N3O3. The summed E-state index contributed by atoms with van der Waals surface area (Å²) >= 11 is 0. The monoisotopic (exact) mass is 381 g/mol. The van der Waals surface area contributed by atoms with Gasteiger partial charge in [-0.15, -0.1) is 0 Å². The lowest BCUT2D eigenvalue weighted by Crippen LogP contribution is -2.49. The number of piperazine rings is 1. The van der Waals surface area contributed by atoms with Gasteiger partial charge in [-0.2, -0.15) is 0 Å². The molecule has 2 aromatic carbocycles. The molecule has 0 aromatic heterocycles. The Bertz CT molecular complexity index is 838. The van der Waals surface area contributed by atoms with Crippen molar-refractivity contribution in [3.05, 3.63) is 53.6 Å². The van der Waals surface area contributed by atoms with E-state index in [0.717, 1.165) is 28.3 Å². The highest BCUT2D eigenvalue weighted by atomic mass is 16.5. The van der Waals surface area contributed by atoms with Crippen LogP contribution in [0.4, 0.5) is 11.4 Å². The van der Waals surface area contributed by atoms with E-state index in [1.165, 1.54) is 0 Å². The number of hydrogen-bond donors (Lipinski definition) is 1. The van der Waals surface area contributed by atoms with Crippen LogP contribution >= 0.6 is 0 Å². The first-order valence-corrected chi connectivity index (χ1v) is 9.51. The number of aryl methyl sites for hydroxylation is 2. The number of rotatable bonds is 5. The molecule has 1 fully saturated rings. The van der Waals surface area contributed by atoms with Crippen LogP contribution in [0, 0.1) is 13.8 Å². The number of amides is 2. The Morgan fingerprint density at radius 2 is 1.61 bits per heavy atom. The molecule has 0 unspecified atom stereocenters. The van der Waals surface area contributed by atoms with Crippen LogP contribution in [0.5, 0.6) is 5.75 Å². The minimum atomic E-state index is -0.269. The number of ether oxygens (including phenoxy) is 1. The van der Waals surface area contributed by atoms with E-state index in [0.29, 0.717) is 26.2 Å². The molecule has 6 heteroatoms. The lowest BCUT2D eigenvalue weighted by molar-refractivity contribution is -0.134. The van der Waals surface area contributed by atoms with Crippen molar-refractivity contribution in [2.45, 2.75) is 20.3 Å². The van der Waals surface area contributed by atoms with E-state index in [2.05, 4.69) is 10.2 Å². The summed E-state index contributed by atoms with van der Waals surface area (Å²) in [6.07, 6.45) is -0.136. The summed E-state index contributed by atoms with van der Waals surface area (Å²) in [5.41, 5.74) is 3.81. The van der Waals surface area contributed by atoms with Gasteiger partial charge in [0.2, 0.25) is 11.8 Å². The standard InChI is InChI=1S/C22H27N3O3/c1-16-7-6-8-17(2)22(16)23-20(26)15-21(27)25-13-11-24(12-14-25)18-9-4-5-10-19(18)28-3/h4-10H,11-15H2,1-3H3,(H,23,26). The third-order valence-electron chi connectivity index (χ3n) is 5.12. The van der Waals surface area contributed by atoms with Gasteiger partial charge in [-0.1, -0.05) is 30.3 Å². The second kappa shape index (κ2) is 8.78. The summed E-state index contributed by atoms with van der Waals surface area (Å²) in [5, 5.41) is 2.88. The summed E-state index contributed by atoms with van der Waals surface area (Å²) in [5.74, 6) is 0.424. The van der Waals surface area contributed by atoms with Crippen LogP contribution in [0.2, 0.25) is 0 Å². The average Bonchev–Trinajstić information content (AvgIpc) is 2.71. The molecule has 1 saturated heterocycles. The lowest BCUT2D eigenvalue weighted by atomic mass is 10.1. The minimum Gasteiger partial charge on any atom is -0.495 e. The number of carbonyl (C=O) groups excluding carboxylic acids is 2. The molecule has 0 radical (unpaired) electrons. The molecule has 2 amide bonds. The van der Waals surface area contributed by atoms with Gasteiger partial charge < -0.3 is 19.9 Å². The van der Waals surface area contributed by atoms with E-state index < -0.39 is 0 Å². The fourth-order valence-corrected chi connectivity index (χ4v) is 3.53. The third kappa shape index (κ3) is 4.44. The molecule has 0 aliphatic carbocycles. The number of hydrogen-bond acceptors (Lipinski definition) is 4.